The van der Waals surface area contributed by atoms with Gasteiger partial charge in [0.25, 0.3) is 0 Å². The highest BCUT2D eigenvalue weighted by Crippen LogP contribution is 2.19. The van der Waals surface area contributed by atoms with Gasteiger partial charge in [-0.25, -0.2) is 0 Å². The molecule has 0 radical (unpaired) electrons. The first kappa shape index (κ1) is 16.2. The number of benzene rings is 1. The molecule has 0 aliphatic heterocycles. The van der Waals surface area contributed by atoms with Gasteiger partial charge in [-0.2, -0.15) is 0 Å². The van der Waals surface area contributed by atoms with Crippen LogP contribution >= 0.6 is 0 Å². The summed E-state index contributed by atoms with van der Waals surface area (Å²) in [5.41, 5.74) is 2.28. The molecule has 0 bridgehead atoms. The first-order valence-electron chi connectivity index (χ1n) is 6.60. The van der Waals surface area contributed by atoms with E-state index in [0.29, 0.717) is 0 Å². The van der Waals surface area contributed by atoms with Crippen LogP contribution in [-0.4, -0.2) is 23.9 Å². The van der Waals surface area contributed by atoms with Gasteiger partial charge in [-0.15, -0.1) is 0 Å². The molecule has 0 saturated heterocycles. The van der Waals surface area contributed by atoms with Crippen molar-refractivity contribution in [2.45, 2.75) is 40.2 Å². The molecule has 1 aromatic rings. The van der Waals surface area contributed by atoms with Crippen molar-refractivity contribution in [1.29, 1.82) is 0 Å². The minimum atomic E-state index is -0.112. The summed E-state index contributed by atoms with van der Waals surface area (Å²) in [6, 6.07) is 5.39. The second-order valence-electron chi connectivity index (χ2n) is 5.86. The zero-order valence-corrected chi connectivity index (χ0v) is 12.8. The maximum absolute atomic E-state index is 11.8. The Kier molecular flexibility index (Phi) is 5.27. The van der Waals surface area contributed by atoms with Crippen molar-refractivity contribution in [2.24, 2.45) is 0 Å². The fourth-order valence-corrected chi connectivity index (χ4v) is 1.62. The monoisotopic (exact) mass is 277 g/mol. The lowest BCUT2D eigenvalue weighted by Crippen LogP contribution is -2.41. The molecule has 0 aliphatic carbocycles. The van der Waals surface area contributed by atoms with E-state index in [0.717, 1.165) is 16.9 Å². The van der Waals surface area contributed by atoms with Crippen molar-refractivity contribution in [3.8, 4) is 0 Å². The molecule has 1 aromatic carbocycles. The second-order valence-corrected chi connectivity index (χ2v) is 5.86. The zero-order valence-electron chi connectivity index (χ0n) is 12.8. The summed E-state index contributed by atoms with van der Waals surface area (Å²) in [6.45, 7) is 9.63. The van der Waals surface area contributed by atoms with Crippen LogP contribution in [0.15, 0.2) is 18.2 Å². The lowest BCUT2D eigenvalue weighted by Gasteiger charge is -2.20. The van der Waals surface area contributed by atoms with Gasteiger partial charge in [-0.05, 0) is 51.5 Å². The average molecular weight is 277 g/mol. The van der Waals surface area contributed by atoms with Gasteiger partial charge >= 0.3 is 0 Å². The Morgan fingerprint density at radius 3 is 2.30 bits per heavy atom. The van der Waals surface area contributed by atoms with Crippen molar-refractivity contribution in [1.82, 2.24) is 5.32 Å². The summed E-state index contributed by atoms with van der Waals surface area (Å²) in [7, 11) is 0. The van der Waals surface area contributed by atoms with Crippen molar-refractivity contribution >= 4 is 23.2 Å². The standard InChI is InChI=1S/C15H23N3O2/c1-10-8-12(6-7-13(10)17-11(2)19)18-14(20)9-16-15(3,4)5/h6-8,16H,9H2,1-5H3,(H,17,19)(H,18,20). The van der Waals surface area contributed by atoms with E-state index in [1.807, 2.05) is 33.8 Å². The van der Waals surface area contributed by atoms with E-state index in [1.165, 1.54) is 6.92 Å². The molecule has 0 unspecified atom stereocenters. The molecular formula is C15H23N3O2. The Bertz CT molecular complexity index is 504. The number of amides is 2. The van der Waals surface area contributed by atoms with Crippen LogP contribution in [0.1, 0.15) is 33.3 Å². The first-order valence-corrected chi connectivity index (χ1v) is 6.60. The van der Waals surface area contributed by atoms with Gasteiger partial charge in [0.1, 0.15) is 0 Å². The molecule has 2 amide bonds. The molecule has 1 rings (SSSR count). The van der Waals surface area contributed by atoms with Crippen molar-refractivity contribution in [3.05, 3.63) is 23.8 Å². The third-order valence-electron chi connectivity index (χ3n) is 2.60. The maximum Gasteiger partial charge on any atom is 0.238 e. The van der Waals surface area contributed by atoms with Crippen molar-refractivity contribution < 1.29 is 9.59 Å². The zero-order chi connectivity index (χ0) is 15.3. The molecule has 0 spiro atoms. The largest absolute Gasteiger partial charge is 0.326 e. The summed E-state index contributed by atoms with van der Waals surface area (Å²) >= 11 is 0. The van der Waals surface area contributed by atoms with Gasteiger partial charge in [0, 0.05) is 23.8 Å². The smallest absolute Gasteiger partial charge is 0.238 e. The van der Waals surface area contributed by atoms with E-state index in [9.17, 15) is 9.59 Å². The summed E-state index contributed by atoms with van der Waals surface area (Å²) in [5.74, 6) is -0.203. The van der Waals surface area contributed by atoms with Crippen LogP contribution in [0.2, 0.25) is 0 Å². The SMILES string of the molecule is CC(=O)Nc1ccc(NC(=O)CNC(C)(C)C)cc1C. The van der Waals surface area contributed by atoms with E-state index in [2.05, 4.69) is 16.0 Å². The van der Waals surface area contributed by atoms with Crippen LogP contribution in [0.25, 0.3) is 0 Å². The number of anilines is 2. The molecule has 5 nitrogen and oxygen atoms in total. The van der Waals surface area contributed by atoms with E-state index in [-0.39, 0.29) is 23.9 Å². The lowest BCUT2D eigenvalue weighted by molar-refractivity contribution is -0.116. The number of carbonyl (C=O) groups is 2. The molecule has 0 heterocycles. The predicted molar refractivity (Wildman–Crippen MR) is 81.9 cm³/mol. The molecule has 0 fully saturated rings. The number of carbonyl (C=O) groups excluding carboxylic acids is 2. The highest BCUT2D eigenvalue weighted by atomic mass is 16.2. The van der Waals surface area contributed by atoms with Gasteiger partial charge in [-0.1, -0.05) is 0 Å². The Morgan fingerprint density at radius 2 is 1.80 bits per heavy atom. The van der Waals surface area contributed by atoms with Crippen LogP contribution < -0.4 is 16.0 Å². The highest BCUT2D eigenvalue weighted by Gasteiger charge is 2.11. The fraction of sp³-hybridized carbons (Fsp3) is 0.467. The summed E-state index contributed by atoms with van der Waals surface area (Å²) in [4.78, 5) is 22.8. The van der Waals surface area contributed by atoms with Gasteiger partial charge in [0.2, 0.25) is 11.8 Å². The van der Waals surface area contributed by atoms with E-state index in [1.54, 1.807) is 12.1 Å². The highest BCUT2D eigenvalue weighted by molar-refractivity contribution is 5.93. The third-order valence-corrected chi connectivity index (χ3v) is 2.60. The number of rotatable bonds is 4. The van der Waals surface area contributed by atoms with Crippen LogP contribution in [0, 0.1) is 6.92 Å². The van der Waals surface area contributed by atoms with E-state index >= 15 is 0 Å². The molecule has 0 atom stereocenters. The quantitative estimate of drug-likeness (QED) is 0.790. The third kappa shape index (κ3) is 5.84. The topological polar surface area (TPSA) is 70.2 Å². The number of nitrogens with one attached hydrogen (secondary N) is 3. The van der Waals surface area contributed by atoms with Crippen LogP contribution in [0.4, 0.5) is 11.4 Å². The Labute approximate surface area is 120 Å². The average Bonchev–Trinajstić information content (AvgIpc) is 2.29. The molecule has 0 saturated carbocycles. The molecule has 110 valence electrons. The molecule has 3 N–H and O–H groups in total. The molecule has 0 aliphatic rings. The Hall–Kier alpha value is -1.88. The lowest BCUT2D eigenvalue weighted by atomic mass is 10.1. The number of hydrogen-bond donors (Lipinski definition) is 3. The van der Waals surface area contributed by atoms with Crippen LogP contribution in [0.3, 0.4) is 0 Å². The number of aryl methyl sites for hydroxylation is 1. The molecule has 5 heteroatoms. The fourth-order valence-electron chi connectivity index (χ4n) is 1.62. The Morgan fingerprint density at radius 1 is 1.15 bits per heavy atom. The molecule has 0 aromatic heterocycles. The molecule has 20 heavy (non-hydrogen) atoms. The van der Waals surface area contributed by atoms with Crippen molar-refractivity contribution in [3.63, 3.8) is 0 Å². The van der Waals surface area contributed by atoms with Crippen molar-refractivity contribution in [2.75, 3.05) is 17.2 Å². The Balaban J connectivity index is 2.63. The first-order chi connectivity index (χ1) is 9.17. The van der Waals surface area contributed by atoms with Crippen LogP contribution in [-0.2, 0) is 9.59 Å². The molecular weight excluding hydrogens is 254 g/mol. The van der Waals surface area contributed by atoms with Gasteiger partial charge in [0.15, 0.2) is 0 Å². The van der Waals surface area contributed by atoms with E-state index in [4.69, 9.17) is 0 Å². The predicted octanol–water partition coefficient (Wildman–Crippen LogP) is 2.28. The van der Waals surface area contributed by atoms with E-state index < -0.39 is 0 Å². The van der Waals surface area contributed by atoms with Gasteiger partial charge in [0.05, 0.1) is 6.54 Å². The summed E-state index contributed by atoms with van der Waals surface area (Å²) in [5, 5.41) is 8.68. The summed E-state index contributed by atoms with van der Waals surface area (Å²) < 4.78 is 0. The maximum atomic E-state index is 11.8. The van der Waals surface area contributed by atoms with Crippen LogP contribution in [0.5, 0.6) is 0 Å². The normalized spacial score (nSPS) is 11.1. The second kappa shape index (κ2) is 6.52. The van der Waals surface area contributed by atoms with Gasteiger partial charge < -0.3 is 16.0 Å². The van der Waals surface area contributed by atoms with Gasteiger partial charge in [-0.3, -0.25) is 9.59 Å². The minimum absolute atomic E-state index is 0.0911. The number of hydrogen-bond acceptors (Lipinski definition) is 3. The minimum Gasteiger partial charge on any atom is -0.326 e. The summed E-state index contributed by atoms with van der Waals surface area (Å²) in [6.07, 6.45) is 0.